The number of amides is 2. The number of hydrogen-bond acceptors (Lipinski definition) is 5. The minimum Gasteiger partial charge on any atom is -0.497 e. The first kappa shape index (κ1) is 17.7. The van der Waals surface area contributed by atoms with E-state index in [2.05, 4.69) is 0 Å². The van der Waals surface area contributed by atoms with Crippen molar-refractivity contribution in [3.8, 4) is 5.75 Å². The normalized spacial score (nSPS) is 14.2. The number of rotatable bonds is 6. The van der Waals surface area contributed by atoms with Crippen LogP contribution >= 0.6 is 0 Å². The molecule has 0 N–H and O–H groups in total. The molecule has 2 amide bonds. The molecule has 0 aliphatic carbocycles. The number of nitrogens with zero attached hydrogens (tertiary/aromatic N) is 1. The molecule has 3 rings (SSSR count). The van der Waals surface area contributed by atoms with Crippen LogP contribution in [-0.4, -0.2) is 36.4 Å². The lowest BCUT2D eigenvalue weighted by atomic mass is 10.0. The molecule has 1 heterocycles. The van der Waals surface area contributed by atoms with Gasteiger partial charge in [0.25, 0.3) is 11.8 Å². The summed E-state index contributed by atoms with van der Waals surface area (Å²) < 4.78 is 10.2. The van der Waals surface area contributed by atoms with E-state index < -0.39 is 23.8 Å². The molecule has 0 saturated heterocycles. The van der Waals surface area contributed by atoms with Gasteiger partial charge in [-0.25, -0.2) is 0 Å². The first-order valence-electron chi connectivity index (χ1n) is 8.33. The van der Waals surface area contributed by atoms with Crippen molar-refractivity contribution in [3.63, 3.8) is 0 Å². The molecule has 134 valence electrons. The maximum Gasteiger partial charge on any atom is 0.308 e. The topological polar surface area (TPSA) is 72.9 Å². The number of esters is 1. The highest BCUT2D eigenvalue weighted by atomic mass is 16.5. The van der Waals surface area contributed by atoms with E-state index >= 15 is 0 Å². The van der Waals surface area contributed by atoms with Crippen LogP contribution in [0.1, 0.15) is 45.7 Å². The molecule has 0 aromatic heterocycles. The Labute approximate surface area is 151 Å². The predicted molar refractivity (Wildman–Crippen MR) is 93.9 cm³/mol. The van der Waals surface area contributed by atoms with Gasteiger partial charge in [0.15, 0.2) is 0 Å². The number of hydrogen-bond donors (Lipinski definition) is 0. The Morgan fingerprint density at radius 2 is 1.58 bits per heavy atom. The van der Waals surface area contributed by atoms with E-state index in [1.165, 1.54) is 0 Å². The highest BCUT2D eigenvalue weighted by Crippen LogP contribution is 2.34. The van der Waals surface area contributed by atoms with Gasteiger partial charge >= 0.3 is 5.97 Å². The average molecular weight is 353 g/mol. The summed E-state index contributed by atoms with van der Waals surface area (Å²) >= 11 is 0. The van der Waals surface area contributed by atoms with Crippen LogP contribution in [0.5, 0.6) is 5.75 Å². The molecule has 6 nitrogen and oxygen atoms in total. The molecule has 1 atom stereocenters. The summed E-state index contributed by atoms with van der Waals surface area (Å²) in [5.41, 5.74) is 1.35. The first-order chi connectivity index (χ1) is 12.6. The molecule has 1 aliphatic heterocycles. The van der Waals surface area contributed by atoms with Gasteiger partial charge in [0.1, 0.15) is 5.75 Å². The highest BCUT2D eigenvalue weighted by Gasteiger charge is 2.41. The molecular weight excluding hydrogens is 334 g/mol. The van der Waals surface area contributed by atoms with Gasteiger partial charge in [0.2, 0.25) is 0 Å². The number of methoxy groups -OCH3 is 1. The quantitative estimate of drug-likeness (QED) is 0.590. The van der Waals surface area contributed by atoms with Gasteiger partial charge in [0.05, 0.1) is 37.3 Å². The monoisotopic (exact) mass is 353 g/mol. The summed E-state index contributed by atoms with van der Waals surface area (Å²) in [6.45, 7) is 1.94. The van der Waals surface area contributed by atoms with Crippen molar-refractivity contribution in [3.05, 3.63) is 65.2 Å². The highest BCUT2D eigenvalue weighted by molar-refractivity contribution is 6.21. The summed E-state index contributed by atoms with van der Waals surface area (Å²) in [6.07, 6.45) is -0.106. The molecule has 26 heavy (non-hydrogen) atoms. The van der Waals surface area contributed by atoms with Gasteiger partial charge in [-0.05, 0) is 36.8 Å². The van der Waals surface area contributed by atoms with Crippen LogP contribution in [0.25, 0.3) is 0 Å². The number of ether oxygens (including phenoxy) is 2. The number of carbonyl (C=O) groups excluding carboxylic acids is 3. The zero-order valence-corrected chi connectivity index (χ0v) is 14.6. The van der Waals surface area contributed by atoms with Crippen LogP contribution in [0, 0.1) is 0 Å². The maximum absolute atomic E-state index is 12.8. The van der Waals surface area contributed by atoms with E-state index in [4.69, 9.17) is 9.47 Å². The van der Waals surface area contributed by atoms with Crippen LogP contribution < -0.4 is 4.74 Å². The van der Waals surface area contributed by atoms with Crippen molar-refractivity contribution in [1.82, 2.24) is 4.90 Å². The fourth-order valence-electron chi connectivity index (χ4n) is 3.05. The molecule has 0 saturated carbocycles. The predicted octanol–water partition coefficient (Wildman–Crippen LogP) is 2.99. The van der Waals surface area contributed by atoms with Crippen molar-refractivity contribution in [2.45, 2.75) is 19.4 Å². The second kappa shape index (κ2) is 7.39. The summed E-state index contributed by atoms with van der Waals surface area (Å²) in [7, 11) is 1.55. The lowest BCUT2D eigenvalue weighted by Crippen LogP contribution is -2.35. The summed E-state index contributed by atoms with van der Waals surface area (Å²) in [6, 6.07) is 12.8. The standard InChI is InChI=1S/C20H19NO5/c1-3-26-18(22)12-17(13-8-10-14(25-2)11-9-13)21-19(23)15-6-4-5-7-16(15)20(21)24/h4-11,17H,3,12H2,1-2H3. The summed E-state index contributed by atoms with van der Waals surface area (Å²) in [5, 5.41) is 0. The van der Waals surface area contributed by atoms with Crippen LogP contribution in [-0.2, 0) is 9.53 Å². The number of benzene rings is 2. The molecule has 0 radical (unpaired) electrons. The lowest BCUT2D eigenvalue weighted by molar-refractivity contribution is -0.144. The first-order valence-corrected chi connectivity index (χ1v) is 8.33. The van der Waals surface area contributed by atoms with Crippen LogP contribution in [0.4, 0.5) is 0 Å². The van der Waals surface area contributed by atoms with Crippen LogP contribution in [0.2, 0.25) is 0 Å². The van der Waals surface area contributed by atoms with Crippen LogP contribution in [0.3, 0.4) is 0 Å². The smallest absolute Gasteiger partial charge is 0.308 e. The third-order valence-corrected chi connectivity index (χ3v) is 4.30. The second-order valence-electron chi connectivity index (χ2n) is 5.82. The molecule has 6 heteroatoms. The van der Waals surface area contributed by atoms with Gasteiger partial charge in [0, 0.05) is 0 Å². The van der Waals surface area contributed by atoms with E-state index in [9.17, 15) is 14.4 Å². The number of fused-ring (bicyclic) bond motifs is 1. The molecule has 1 unspecified atom stereocenters. The average Bonchev–Trinajstić information content (AvgIpc) is 2.91. The van der Waals surface area contributed by atoms with Crippen molar-refractivity contribution >= 4 is 17.8 Å². The van der Waals surface area contributed by atoms with Crippen LogP contribution in [0.15, 0.2) is 48.5 Å². The van der Waals surface area contributed by atoms with E-state index in [0.29, 0.717) is 22.4 Å². The van der Waals surface area contributed by atoms with E-state index in [0.717, 1.165) is 4.90 Å². The minimum absolute atomic E-state index is 0.106. The Morgan fingerprint density at radius 3 is 2.08 bits per heavy atom. The molecular formula is C20H19NO5. The number of imide groups is 1. The SMILES string of the molecule is CCOC(=O)CC(c1ccc(OC)cc1)N1C(=O)c2ccccc2C1=O. The Balaban J connectivity index is 1.99. The van der Waals surface area contributed by atoms with E-state index in [1.54, 1.807) is 62.6 Å². The third-order valence-electron chi connectivity index (χ3n) is 4.30. The Hall–Kier alpha value is -3.15. The van der Waals surface area contributed by atoms with Gasteiger partial charge in [-0.2, -0.15) is 0 Å². The number of carbonyl (C=O) groups is 3. The summed E-state index contributed by atoms with van der Waals surface area (Å²) in [4.78, 5) is 38.9. The van der Waals surface area contributed by atoms with Crippen molar-refractivity contribution in [2.24, 2.45) is 0 Å². The van der Waals surface area contributed by atoms with E-state index in [-0.39, 0.29) is 13.0 Å². The second-order valence-corrected chi connectivity index (χ2v) is 5.82. The Kier molecular flexibility index (Phi) is 5.02. The molecule has 0 bridgehead atoms. The maximum atomic E-state index is 12.8. The zero-order valence-electron chi connectivity index (χ0n) is 14.6. The molecule has 1 aliphatic rings. The Morgan fingerprint density at radius 1 is 1.00 bits per heavy atom. The van der Waals surface area contributed by atoms with Crippen molar-refractivity contribution in [2.75, 3.05) is 13.7 Å². The largest absolute Gasteiger partial charge is 0.497 e. The molecule has 0 fully saturated rings. The van der Waals surface area contributed by atoms with Gasteiger partial charge < -0.3 is 9.47 Å². The zero-order chi connectivity index (χ0) is 18.7. The molecule has 2 aromatic carbocycles. The molecule has 2 aromatic rings. The summed E-state index contributed by atoms with van der Waals surface area (Å²) in [5.74, 6) is -0.637. The van der Waals surface area contributed by atoms with Crippen molar-refractivity contribution < 1.29 is 23.9 Å². The fourth-order valence-corrected chi connectivity index (χ4v) is 3.05. The third kappa shape index (κ3) is 3.18. The fraction of sp³-hybridized carbons (Fsp3) is 0.250. The molecule has 0 spiro atoms. The van der Waals surface area contributed by atoms with E-state index in [1.807, 2.05) is 0 Å². The Bertz CT molecular complexity index is 809. The van der Waals surface area contributed by atoms with Crippen molar-refractivity contribution in [1.29, 1.82) is 0 Å². The van der Waals surface area contributed by atoms with Gasteiger partial charge in [-0.15, -0.1) is 0 Å². The lowest BCUT2D eigenvalue weighted by Gasteiger charge is -2.26. The minimum atomic E-state index is -0.743. The van der Waals surface area contributed by atoms with Gasteiger partial charge in [-0.3, -0.25) is 19.3 Å². The van der Waals surface area contributed by atoms with Gasteiger partial charge in [-0.1, -0.05) is 24.3 Å².